The lowest BCUT2D eigenvalue weighted by Crippen LogP contribution is -3.29. The molecule has 0 radical (unpaired) electrons. The summed E-state index contributed by atoms with van der Waals surface area (Å²) >= 11 is 0. The van der Waals surface area contributed by atoms with E-state index in [0.29, 0.717) is 0 Å². The molecular formula is C21H25F2N3O3+2. The van der Waals surface area contributed by atoms with Crippen LogP contribution in [0.1, 0.15) is 12.5 Å². The van der Waals surface area contributed by atoms with Gasteiger partial charge in [0.25, 0.3) is 5.91 Å². The topological polar surface area (TPSA) is 56.4 Å². The van der Waals surface area contributed by atoms with Crippen molar-refractivity contribution in [1.29, 1.82) is 0 Å². The largest absolute Gasteiger partial charge is 0.454 e. The third-order valence-electron chi connectivity index (χ3n) is 5.68. The van der Waals surface area contributed by atoms with Gasteiger partial charge in [0.05, 0.1) is 5.69 Å². The number of hydrogen-bond acceptors (Lipinski definition) is 3. The molecule has 0 aromatic heterocycles. The van der Waals surface area contributed by atoms with Crippen LogP contribution < -0.4 is 24.6 Å². The molecule has 2 heterocycles. The van der Waals surface area contributed by atoms with Gasteiger partial charge in [0, 0.05) is 11.6 Å². The summed E-state index contributed by atoms with van der Waals surface area (Å²) in [6.45, 7) is 6.50. The van der Waals surface area contributed by atoms with Gasteiger partial charge in [0.15, 0.2) is 17.5 Å². The molecule has 0 unspecified atom stereocenters. The normalized spacial score (nSPS) is 21.6. The first kappa shape index (κ1) is 19.6. The number of hydrogen-bond donors (Lipinski definition) is 3. The number of quaternary nitrogens is 2. The third kappa shape index (κ3) is 4.49. The summed E-state index contributed by atoms with van der Waals surface area (Å²) in [7, 11) is 0. The number of carbonyl (C=O) groups excluding carboxylic acids is 1. The first-order valence-corrected chi connectivity index (χ1v) is 9.82. The second-order valence-corrected chi connectivity index (χ2v) is 7.61. The molecule has 6 nitrogen and oxygen atoms in total. The van der Waals surface area contributed by atoms with Crippen LogP contribution in [0.25, 0.3) is 0 Å². The number of halogens is 2. The Morgan fingerprint density at radius 3 is 2.62 bits per heavy atom. The molecule has 1 atom stereocenters. The van der Waals surface area contributed by atoms with Crippen LogP contribution >= 0.6 is 0 Å². The Morgan fingerprint density at radius 1 is 1.07 bits per heavy atom. The fraction of sp³-hybridized carbons (Fsp3) is 0.381. The number of benzene rings is 2. The number of piperazine rings is 1. The van der Waals surface area contributed by atoms with Gasteiger partial charge in [-0.2, -0.15) is 0 Å². The minimum atomic E-state index is -0.639. The van der Waals surface area contributed by atoms with Gasteiger partial charge < -0.3 is 24.6 Å². The number of amides is 1. The summed E-state index contributed by atoms with van der Waals surface area (Å²) in [5, 5.41) is 2.52. The van der Waals surface area contributed by atoms with Crippen molar-refractivity contribution in [2.45, 2.75) is 19.5 Å². The molecule has 0 saturated carbocycles. The SMILES string of the molecule is C[C@@H](C(=O)Nc1cc(F)ccc1F)[NH+]1CC[NH+](Cc2ccc3c(c2)OCO3)CC1. The standard InChI is InChI=1S/C21H23F2N3O3/c1-14(21(27)24-18-11-16(22)3-4-17(18)23)26-8-6-25(7-9-26)12-15-2-5-19-20(10-15)29-13-28-19/h2-5,10-11,14H,6-9,12-13H2,1H3,(H,24,27)/p+2/t14-/m0/s1. The molecule has 0 spiro atoms. The van der Waals surface area contributed by atoms with E-state index in [1.807, 2.05) is 19.1 Å². The molecule has 8 heteroatoms. The quantitative estimate of drug-likeness (QED) is 0.657. The van der Waals surface area contributed by atoms with Crippen molar-refractivity contribution in [2.75, 3.05) is 38.3 Å². The van der Waals surface area contributed by atoms with Crippen LogP contribution in [0.4, 0.5) is 14.5 Å². The van der Waals surface area contributed by atoms with Crippen molar-refractivity contribution >= 4 is 11.6 Å². The third-order valence-corrected chi connectivity index (χ3v) is 5.68. The molecule has 1 saturated heterocycles. The van der Waals surface area contributed by atoms with Crippen molar-refractivity contribution in [3.05, 3.63) is 53.6 Å². The molecule has 2 aromatic carbocycles. The number of anilines is 1. The second kappa shape index (κ2) is 8.34. The first-order valence-electron chi connectivity index (χ1n) is 9.82. The van der Waals surface area contributed by atoms with Gasteiger partial charge in [-0.1, -0.05) is 0 Å². The van der Waals surface area contributed by atoms with E-state index in [-0.39, 0.29) is 24.4 Å². The van der Waals surface area contributed by atoms with Crippen molar-refractivity contribution < 1.29 is 32.8 Å². The Kier molecular flexibility index (Phi) is 5.64. The van der Waals surface area contributed by atoms with Crippen LogP contribution in [0.15, 0.2) is 36.4 Å². The van der Waals surface area contributed by atoms with E-state index >= 15 is 0 Å². The van der Waals surface area contributed by atoms with E-state index in [1.165, 1.54) is 10.5 Å². The van der Waals surface area contributed by atoms with E-state index in [1.54, 1.807) is 0 Å². The maximum atomic E-state index is 13.8. The highest BCUT2D eigenvalue weighted by Crippen LogP contribution is 2.32. The van der Waals surface area contributed by atoms with Crippen molar-refractivity contribution in [2.24, 2.45) is 0 Å². The maximum absolute atomic E-state index is 13.8. The predicted molar refractivity (Wildman–Crippen MR) is 102 cm³/mol. The monoisotopic (exact) mass is 405 g/mol. The summed E-state index contributed by atoms with van der Waals surface area (Å²) in [4.78, 5) is 15.1. The summed E-state index contributed by atoms with van der Waals surface area (Å²) in [5.74, 6) is 0.0553. The van der Waals surface area contributed by atoms with Gasteiger partial charge in [-0.25, -0.2) is 8.78 Å². The van der Waals surface area contributed by atoms with Gasteiger partial charge in [0.2, 0.25) is 6.79 Å². The van der Waals surface area contributed by atoms with Gasteiger partial charge in [-0.15, -0.1) is 0 Å². The molecular weight excluding hydrogens is 380 g/mol. The van der Waals surface area contributed by atoms with Gasteiger partial charge in [-0.3, -0.25) is 4.79 Å². The fourth-order valence-corrected chi connectivity index (χ4v) is 3.89. The number of ether oxygens (including phenoxy) is 2. The number of nitrogens with one attached hydrogen (secondary N) is 3. The Balaban J connectivity index is 1.29. The van der Waals surface area contributed by atoms with E-state index in [2.05, 4.69) is 11.4 Å². The fourth-order valence-electron chi connectivity index (χ4n) is 3.89. The zero-order valence-electron chi connectivity index (χ0n) is 16.3. The zero-order valence-corrected chi connectivity index (χ0v) is 16.3. The number of rotatable bonds is 5. The van der Waals surface area contributed by atoms with Crippen molar-refractivity contribution in [1.82, 2.24) is 0 Å². The lowest BCUT2D eigenvalue weighted by Gasteiger charge is -2.32. The van der Waals surface area contributed by atoms with Crippen LogP contribution in [0, 0.1) is 11.6 Å². The lowest BCUT2D eigenvalue weighted by molar-refractivity contribution is -1.02. The average Bonchev–Trinajstić information content (AvgIpc) is 3.18. The van der Waals surface area contributed by atoms with Crippen LogP contribution in [0.3, 0.4) is 0 Å². The molecule has 4 rings (SSSR count). The number of carbonyl (C=O) groups is 1. The summed E-state index contributed by atoms with van der Waals surface area (Å²) in [6, 6.07) is 8.73. The van der Waals surface area contributed by atoms with Crippen LogP contribution in [-0.4, -0.2) is 44.9 Å². The summed E-state index contributed by atoms with van der Waals surface area (Å²) in [6.07, 6.45) is 0. The molecule has 2 aliphatic heterocycles. The molecule has 0 bridgehead atoms. The number of fused-ring (bicyclic) bond motifs is 1. The molecule has 2 aromatic rings. The smallest absolute Gasteiger partial charge is 0.282 e. The zero-order chi connectivity index (χ0) is 20.4. The predicted octanol–water partition coefficient (Wildman–Crippen LogP) is 0.00410. The second-order valence-electron chi connectivity index (χ2n) is 7.61. The Bertz CT molecular complexity index is 901. The molecule has 0 aliphatic carbocycles. The van der Waals surface area contributed by atoms with E-state index in [0.717, 1.165) is 67.3 Å². The molecule has 1 fully saturated rings. The van der Waals surface area contributed by atoms with Gasteiger partial charge >= 0.3 is 0 Å². The van der Waals surface area contributed by atoms with Crippen LogP contribution in [0.5, 0.6) is 11.5 Å². The minimum Gasteiger partial charge on any atom is -0.454 e. The van der Waals surface area contributed by atoms with Crippen molar-refractivity contribution in [3.63, 3.8) is 0 Å². The Labute approximate surface area is 168 Å². The minimum absolute atomic E-state index is 0.117. The van der Waals surface area contributed by atoms with E-state index in [4.69, 9.17) is 9.47 Å². The molecule has 29 heavy (non-hydrogen) atoms. The van der Waals surface area contributed by atoms with E-state index < -0.39 is 11.6 Å². The Hall–Kier alpha value is -2.71. The van der Waals surface area contributed by atoms with Gasteiger partial charge in [0.1, 0.15) is 44.4 Å². The maximum Gasteiger partial charge on any atom is 0.282 e. The molecule has 2 aliphatic rings. The van der Waals surface area contributed by atoms with E-state index in [9.17, 15) is 13.6 Å². The van der Waals surface area contributed by atoms with Crippen LogP contribution in [-0.2, 0) is 11.3 Å². The van der Waals surface area contributed by atoms with Gasteiger partial charge in [-0.05, 0) is 37.3 Å². The first-order chi connectivity index (χ1) is 14.0. The summed E-state index contributed by atoms with van der Waals surface area (Å²) in [5.41, 5.74) is 1.08. The highest BCUT2D eigenvalue weighted by Gasteiger charge is 2.31. The molecule has 3 N–H and O–H groups in total. The average molecular weight is 405 g/mol. The molecule has 1 amide bonds. The van der Waals surface area contributed by atoms with Crippen molar-refractivity contribution in [3.8, 4) is 11.5 Å². The van der Waals surface area contributed by atoms with Crippen LogP contribution in [0.2, 0.25) is 0 Å². The highest BCUT2D eigenvalue weighted by molar-refractivity contribution is 5.93. The Morgan fingerprint density at radius 2 is 1.83 bits per heavy atom. The lowest BCUT2D eigenvalue weighted by atomic mass is 10.1. The highest BCUT2D eigenvalue weighted by atomic mass is 19.1. The molecule has 154 valence electrons. The summed E-state index contributed by atoms with van der Waals surface area (Å²) < 4.78 is 37.9.